The lowest BCUT2D eigenvalue weighted by Crippen LogP contribution is -2.45. The number of nitrogens with one attached hydrogen (secondary N) is 1. The Balaban J connectivity index is 0.00000147. The van der Waals surface area contributed by atoms with Crippen molar-refractivity contribution < 1.29 is 4.74 Å². The van der Waals surface area contributed by atoms with Gasteiger partial charge in [-0.1, -0.05) is 36.4 Å². The Bertz CT molecular complexity index is 582. The fraction of sp³-hybridized carbons (Fsp3) is 0.294. The van der Waals surface area contributed by atoms with E-state index in [1.54, 1.807) is 7.11 Å². The molecule has 0 spiro atoms. The molecule has 1 atom stereocenters. The van der Waals surface area contributed by atoms with E-state index >= 15 is 0 Å². The van der Waals surface area contributed by atoms with Crippen molar-refractivity contribution in [3.63, 3.8) is 0 Å². The Hall–Kier alpha value is -1.51. The van der Waals surface area contributed by atoms with Crippen molar-refractivity contribution in [1.29, 1.82) is 0 Å². The highest BCUT2D eigenvalue weighted by atomic mass is 35.5. The van der Waals surface area contributed by atoms with Crippen molar-refractivity contribution in [2.75, 3.05) is 13.7 Å². The molecule has 3 heteroatoms. The minimum Gasteiger partial charge on any atom is -0.497 e. The van der Waals surface area contributed by atoms with Crippen LogP contribution >= 0.6 is 12.4 Å². The van der Waals surface area contributed by atoms with Crippen LogP contribution < -0.4 is 10.1 Å². The molecule has 0 radical (unpaired) electrons. The highest BCUT2D eigenvalue weighted by Crippen LogP contribution is 2.35. The van der Waals surface area contributed by atoms with Gasteiger partial charge in [-0.3, -0.25) is 0 Å². The third-order valence-electron chi connectivity index (χ3n) is 4.10. The molecule has 0 amide bonds. The molecule has 0 bridgehead atoms. The van der Waals surface area contributed by atoms with Crippen LogP contribution in [0.5, 0.6) is 5.75 Å². The van der Waals surface area contributed by atoms with Gasteiger partial charge in [0.25, 0.3) is 0 Å². The summed E-state index contributed by atoms with van der Waals surface area (Å²) >= 11 is 0. The standard InChI is InChI=1S/C17H19NO.ClH/c1-17(14-7-9-15(19-2)10-8-14)16-6-4-3-5-13(16)11-12-18-17;/h3-10,18H,11-12H2,1-2H3;1H. The van der Waals surface area contributed by atoms with Crippen LogP contribution in [0.2, 0.25) is 0 Å². The van der Waals surface area contributed by atoms with Crippen molar-refractivity contribution in [3.8, 4) is 5.75 Å². The van der Waals surface area contributed by atoms with E-state index in [1.165, 1.54) is 16.7 Å². The molecule has 2 aromatic rings. The molecule has 20 heavy (non-hydrogen) atoms. The first-order valence-corrected chi connectivity index (χ1v) is 6.72. The Kier molecular flexibility index (Phi) is 4.36. The maximum absolute atomic E-state index is 5.24. The number of benzene rings is 2. The Morgan fingerprint density at radius 3 is 2.45 bits per heavy atom. The topological polar surface area (TPSA) is 21.3 Å². The number of halogens is 1. The highest BCUT2D eigenvalue weighted by molar-refractivity contribution is 5.85. The lowest BCUT2D eigenvalue weighted by molar-refractivity contribution is 0.406. The first-order valence-electron chi connectivity index (χ1n) is 6.72. The van der Waals surface area contributed by atoms with E-state index in [9.17, 15) is 0 Å². The normalized spacial score (nSPS) is 20.7. The smallest absolute Gasteiger partial charge is 0.118 e. The van der Waals surface area contributed by atoms with Crippen LogP contribution in [0, 0.1) is 0 Å². The third-order valence-corrected chi connectivity index (χ3v) is 4.10. The van der Waals surface area contributed by atoms with E-state index < -0.39 is 0 Å². The molecule has 1 unspecified atom stereocenters. The average Bonchev–Trinajstić information content (AvgIpc) is 2.48. The Morgan fingerprint density at radius 1 is 1.05 bits per heavy atom. The fourth-order valence-corrected chi connectivity index (χ4v) is 2.95. The Morgan fingerprint density at radius 2 is 1.75 bits per heavy atom. The number of hydrogen-bond donors (Lipinski definition) is 1. The summed E-state index contributed by atoms with van der Waals surface area (Å²) in [7, 11) is 1.70. The first-order chi connectivity index (χ1) is 9.24. The molecular weight excluding hydrogens is 270 g/mol. The predicted molar refractivity (Wildman–Crippen MR) is 84.8 cm³/mol. The largest absolute Gasteiger partial charge is 0.497 e. The Labute approximate surface area is 126 Å². The van der Waals surface area contributed by atoms with E-state index in [-0.39, 0.29) is 17.9 Å². The van der Waals surface area contributed by atoms with Gasteiger partial charge in [-0.25, -0.2) is 0 Å². The maximum Gasteiger partial charge on any atom is 0.118 e. The molecule has 106 valence electrons. The molecule has 3 rings (SSSR count). The zero-order valence-electron chi connectivity index (χ0n) is 11.8. The predicted octanol–water partition coefficient (Wildman–Crippen LogP) is 3.53. The van der Waals surface area contributed by atoms with E-state index in [2.05, 4.69) is 48.6 Å². The summed E-state index contributed by atoms with van der Waals surface area (Å²) in [4.78, 5) is 0. The summed E-state index contributed by atoms with van der Waals surface area (Å²) in [6.07, 6.45) is 1.10. The average molecular weight is 290 g/mol. The molecule has 1 aliphatic rings. The molecule has 1 heterocycles. The molecule has 0 saturated carbocycles. The van der Waals surface area contributed by atoms with E-state index in [0.717, 1.165) is 18.7 Å². The molecule has 2 aromatic carbocycles. The summed E-state index contributed by atoms with van der Waals surface area (Å²) in [6.45, 7) is 3.27. The van der Waals surface area contributed by atoms with Gasteiger partial charge in [0, 0.05) is 6.54 Å². The third kappa shape index (κ3) is 2.41. The summed E-state index contributed by atoms with van der Waals surface area (Å²) in [5, 5.41) is 3.66. The van der Waals surface area contributed by atoms with Crippen LogP contribution in [-0.2, 0) is 12.0 Å². The van der Waals surface area contributed by atoms with Gasteiger partial charge >= 0.3 is 0 Å². The number of hydrogen-bond acceptors (Lipinski definition) is 2. The number of rotatable bonds is 2. The van der Waals surface area contributed by atoms with Gasteiger partial charge in [-0.2, -0.15) is 0 Å². The van der Waals surface area contributed by atoms with Crippen LogP contribution in [0.25, 0.3) is 0 Å². The van der Waals surface area contributed by atoms with Gasteiger partial charge in [0.15, 0.2) is 0 Å². The minimum absolute atomic E-state index is 0. The molecule has 2 nitrogen and oxygen atoms in total. The van der Waals surface area contributed by atoms with Crippen molar-refractivity contribution >= 4 is 12.4 Å². The fourth-order valence-electron chi connectivity index (χ4n) is 2.95. The van der Waals surface area contributed by atoms with Crippen molar-refractivity contribution in [2.45, 2.75) is 18.9 Å². The van der Waals surface area contributed by atoms with Crippen LogP contribution in [0.15, 0.2) is 48.5 Å². The lowest BCUT2D eigenvalue weighted by atomic mass is 9.79. The van der Waals surface area contributed by atoms with Crippen molar-refractivity contribution in [3.05, 3.63) is 65.2 Å². The van der Waals surface area contributed by atoms with E-state index in [1.807, 2.05) is 12.1 Å². The minimum atomic E-state index is -0.110. The van der Waals surface area contributed by atoms with E-state index in [0.29, 0.717) is 0 Å². The second-order valence-corrected chi connectivity index (χ2v) is 5.19. The van der Waals surface area contributed by atoms with Gasteiger partial charge in [-0.15, -0.1) is 12.4 Å². The van der Waals surface area contributed by atoms with Crippen LogP contribution in [0.1, 0.15) is 23.6 Å². The quantitative estimate of drug-likeness (QED) is 0.913. The van der Waals surface area contributed by atoms with Crippen LogP contribution in [-0.4, -0.2) is 13.7 Å². The lowest BCUT2D eigenvalue weighted by Gasteiger charge is -2.38. The SMILES string of the molecule is COc1ccc(C2(C)NCCc3ccccc32)cc1.Cl. The second-order valence-electron chi connectivity index (χ2n) is 5.19. The zero-order chi connectivity index (χ0) is 13.3. The number of ether oxygens (including phenoxy) is 1. The second kappa shape index (κ2) is 5.86. The van der Waals surface area contributed by atoms with Crippen LogP contribution in [0.3, 0.4) is 0 Å². The number of methoxy groups -OCH3 is 1. The molecule has 0 fully saturated rings. The van der Waals surface area contributed by atoms with Crippen LogP contribution in [0.4, 0.5) is 0 Å². The van der Waals surface area contributed by atoms with Gasteiger partial charge in [0.05, 0.1) is 12.6 Å². The number of fused-ring (bicyclic) bond motifs is 1. The summed E-state index contributed by atoms with van der Waals surface area (Å²) in [5.74, 6) is 0.899. The van der Waals surface area contributed by atoms with Gasteiger partial charge in [-0.05, 0) is 42.2 Å². The van der Waals surface area contributed by atoms with E-state index in [4.69, 9.17) is 4.74 Å². The zero-order valence-corrected chi connectivity index (χ0v) is 12.7. The maximum atomic E-state index is 5.24. The van der Waals surface area contributed by atoms with Crippen molar-refractivity contribution in [2.24, 2.45) is 0 Å². The van der Waals surface area contributed by atoms with Crippen molar-refractivity contribution in [1.82, 2.24) is 5.32 Å². The molecule has 0 saturated heterocycles. The summed E-state index contributed by atoms with van der Waals surface area (Å²) in [5.41, 5.74) is 3.99. The first kappa shape index (κ1) is 14.9. The van der Waals surface area contributed by atoms with Gasteiger partial charge < -0.3 is 10.1 Å². The molecule has 1 aliphatic heterocycles. The summed E-state index contributed by atoms with van der Waals surface area (Å²) in [6, 6.07) is 17.1. The molecular formula is C17H20ClNO. The molecule has 1 N–H and O–H groups in total. The van der Waals surface area contributed by atoms with Gasteiger partial charge in [0.1, 0.15) is 5.75 Å². The molecule has 0 aliphatic carbocycles. The molecule has 0 aromatic heterocycles. The highest BCUT2D eigenvalue weighted by Gasteiger charge is 2.32. The monoisotopic (exact) mass is 289 g/mol. The summed E-state index contributed by atoms with van der Waals surface area (Å²) < 4.78 is 5.24. The van der Waals surface area contributed by atoms with Gasteiger partial charge in [0.2, 0.25) is 0 Å².